The van der Waals surface area contributed by atoms with Gasteiger partial charge in [-0.3, -0.25) is 9.59 Å². The highest BCUT2D eigenvalue weighted by molar-refractivity contribution is 5.82. The number of ether oxygens (including phenoxy) is 2. The van der Waals surface area contributed by atoms with Crippen LogP contribution in [0, 0.1) is 17.8 Å². The molecule has 200 valence electrons. The van der Waals surface area contributed by atoms with E-state index in [2.05, 4.69) is 20.8 Å². The lowest BCUT2D eigenvalue weighted by atomic mass is 9.79. The topological polar surface area (TPSA) is 52.6 Å². The van der Waals surface area contributed by atoms with Crippen molar-refractivity contribution in [3.05, 3.63) is 0 Å². The number of rotatable bonds is 21. The van der Waals surface area contributed by atoms with Crippen LogP contribution in [0.4, 0.5) is 0 Å². The van der Waals surface area contributed by atoms with Crippen LogP contribution in [-0.4, -0.2) is 25.2 Å². The Morgan fingerprint density at radius 3 is 1.68 bits per heavy atom. The molecule has 0 saturated heterocycles. The Balaban J connectivity index is 2.27. The molecule has 0 aromatic carbocycles. The molecule has 3 unspecified atom stereocenters. The molecule has 3 atom stereocenters. The molecule has 0 spiro atoms. The average molecular weight is 481 g/mol. The monoisotopic (exact) mass is 480 g/mol. The van der Waals surface area contributed by atoms with Gasteiger partial charge in [0, 0.05) is 0 Å². The van der Waals surface area contributed by atoms with Crippen LogP contribution < -0.4 is 0 Å². The van der Waals surface area contributed by atoms with Crippen LogP contribution in [0.3, 0.4) is 0 Å². The van der Waals surface area contributed by atoms with Crippen molar-refractivity contribution in [3.63, 3.8) is 0 Å². The SMILES string of the molecule is CCCCCCCCCCCCOC(=O)C1CCCCC1C(=O)OCC(CCC)CCCCC. The first-order chi connectivity index (χ1) is 16.6. The zero-order chi connectivity index (χ0) is 24.9. The van der Waals surface area contributed by atoms with Crippen LogP contribution >= 0.6 is 0 Å². The average Bonchev–Trinajstić information content (AvgIpc) is 2.85. The van der Waals surface area contributed by atoms with Gasteiger partial charge in [0.1, 0.15) is 0 Å². The quantitative estimate of drug-likeness (QED) is 0.122. The van der Waals surface area contributed by atoms with E-state index in [1.807, 2.05) is 0 Å². The number of hydrogen-bond donors (Lipinski definition) is 0. The highest BCUT2D eigenvalue weighted by atomic mass is 16.5. The molecule has 0 radical (unpaired) electrons. The Bertz CT molecular complexity index is 504. The predicted octanol–water partition coefficient (Wildman–Crippen LogP) is 8.80. The molecule has 4 nitrogen and oxygen atoms in total. The van der Waals surface area contributed by atoms with Crippen LogP contribution in [0.5, 0.6) is 0 Å². The second-order valence-electron chi connectivity index (χ2n) is 10.6. The maximum Gasteiger partial charge on any atom is 0.309 e. The molecule has 0 bridgehead atoms. The van der Waals surface area contributed by atoms with E-state index >= 15 is 0 Å². The lowest BCUT2D eigenvalue weighted by molar-refractivity contribution is -0.163. The molecule has 0 N–H and O–H groups in total. The van der Waals surface area contributed by atoms with Gasteiger partial charge in [-0.25, -0.2) is 0 Å². The smallest absolute Gasteiger partial charge is 0.309 e. The van der Waals surface area contributed by atoms with E-state index in [-0.39, 0.29) is 23.8 Å². The molecule has 1 fully saturated rings. The summed E-state index contributed by atoms with van der Waals surface area (Å²) in [7, 11) is 0. The first-order valence-corrected chi connectivity index (χ1v) is 15.0. The fourth-order valence-corrected chi connectivity index (χ4v) is 5.27. The molecule has 1 aliphatic carbocycles. The molecule has 0 aromatic heterocycles. The summed E-state index contributed by atoms with van der Waals surface area (Å²) in [5, 5.41) is 0. The van der Waals surface area contributed by atoms with E-state index in [9.17, 15) is 9.59 Å². The fourth-order valence-electron chi connectivity index (χ4n) is 5.27. The minimum atomic E-state index is -0.313. The maximum atomic E-state index is 12.9. The van der Waals surface area contributed by atoms with Gasteiger partial charge in [0.2, 0.25) is 0 Å². The minimum absolute atomic E-state index is 0.169. The van der Waals surface area contributed by atoms with E-state index in [1.54, 1.807) is 0 Å². The first kappa shape index (κ1) is 31.0. The van der Waals surface area contributed by atoms with Crippen LogP contribution in [0.1, 0.15) is 149 Å². The van der Waals surface area contributed by atoms with Gasteiger partial charge < -0.3 is 9.47 Å². The molecule has 0 aliphatic heterocycles. The van der Waals surface area contributed by atoms with Gasteiger partial charge in [-0.2, -0.15) is 0 Å². The third-order valence-electron chi connectivity index (χ3n) is 7.49. The Morgan fingerprint density at radius 1 is 0.618 bits per heavy atom. The third-order valence-corrected chi connectivity index (χ3v) is 7.49. The third kappa shape index (κ3) is 14.4. The first-order valence-electron chi connectivity index (χ1n) is 15.0. The van der Waals surface area contributed by atoms with E-state index in [4.69, 9.17) is 9.47 Å². The predicted molar refractivity (Wildman–Crippen MR) is 142 cm³/mol. The van der Waals surface area contributed by atoms with Crippen molar-refractivity contribution in [1.29, 1.82) is 0 Å². The van der Waals surface area contributed by atoms with Crippen molar-refractivity contribution >= 4 is 11.9 Å². The molecular formula is C30H56O4. The van der Waals surface area contributed by atoms with E-state index in [0.29, 0.717) is 19.1 Å². The van der Waals surface area contributed by atoms with Crippen molar-refractivity contribution < 1.29 is 19.1 Å². The Hall–Kier alpha value is -1.06. The second-order valence-corrected chi connectivity index (χ2v) is 10.6. The van der Waals surface area contributed by atoms with E-state index in [0.717, 1.165) is 57.8 Å². The Labute approximate surface area is 211 Å². The molecule has 1 saturated carbocycles. The lowest BCUT2D eigenvalue weighted by Crippen LogP contribution is -2.35. The molecule has 0 aromatic rings. The second kappa shape index (κ2) is 21.2. The standard InChI is InChI=1S/C30H56O4/c1-4-7-9-10-11-12-13-14-15-19-24-33-29(31)27-22-17-18-23-28(27)30(32)34-25-26(20-6-3)21-16-8-5-2/h26-28H,4-25H2,1-3H3. The van der Waals surface area contributed by atoms with E-state index in [1.165, 1.54) is 70.6 Å². The number of esters is 2. The van der Waals surface area contributed by atoms with Gasteiger partial charge in [-0.15, -0.1) is 0 Å². The maximum absolute atomic E-state index is 12.9. The summed E-state index contributed by atoms with van der Waals surface area (Å²) in [4.78, 5) is 25.6. The summed E-state index contributed by atoms with van der Waals surface area (Å²) in [6, 6.07) is 0. The highest BCUT2D eigenvalue weighted by Gasteiger charge is 2.38. The number of carbonyl (C=O) groups is 2. The van der Waals surface area contributed by atoms with Crippen LogP contribution in [0.15, 0.2) is 0 Å². The van der Waals surface area contributed by atoms with Crippen LogP contribution in [-0.2, 0) is 19.1 Å². The Kier molecular flexibility index (Phi) is 19.3. The lowest BCUT2D eigenvalue weighted by Gasteiger charge is -2.29. The Morgan fingerprint density at radius 2 is 1.12 bits per heavy atom. The largest absolute Gasteiger partial charge is 0.465 e. The molecule has 0 heterocycles. The van der Waals surface area contributed by atoms with Gasteiger partial charge in [0.05, 0.1) is 25.0 Å². The van der Waals surface area contributed by atoms with E-state index < -0.39 is 0 Å². The van der Waals surface area contributed by atoms with Crippen molar-refractivity contribution in [2.75, 3.05) is 13.2 Å². The summed E-state index contributed by atoms with van der Waals surface area (Å²) in [6.07, 6.45) is 23.2. The van der Waals surface area contributed by atoms with Crippen molar-refractivity contribution in [2.45, 2.75) is 149 Å². The minimum Gasteiger partial charge on any atom is -0.465 e. The number of hydrogen-bond acceptors (Lipinski definition) is 4. The van der Waals surface area contributed by atoms with Gasteiger partial charge in [0.15, 0.2) is 0 Å². The van der Waals surface area contributed by atoms with Gasteiger partial charge in [0.25, 0.3) is 0 Å². The summed E-state index contributed by atoms with van der Waals surface area (Å²) in [5.41, 5.74) is 0. The molecule has 1 aliphatic rings. The summed E-state index contributed by atoms with van der Waals surface area (Å²) in [6.45, 7) is 7.66. The molecule has 0 amide bonds. The molecule has 34 heavy (non-hydrogen) atoms. The van der Waals surface area contributed by atoms with Crippen LogP contribution in [0.2, 0.25) is 0 Å². The van der Waals surface area contributed by atoms with Gasteiger partial charge in [-0.1, -0.05) is 117 Å². The van der Waals surface area contributed by atoms with Crippen LogP contribution in [0.25, 0.3) is 0 Å². The van der Waals surface area contributed by atoms with Crippen molar-refractivity contribution in [3.8, 4) is 0 Å². The summed E-state index contributed by atoms with van der Waals surface area (Å²) in [5.74, 6) is -0.519. The fraction of sp³-hybridized carbons (Fsp3) is 0.933. The zero-order valence-electron chi connectivity index (χ0n) is 22.9. The number of carbonyl (C=O) groups excluding carboxylic acids is 2. The normalized spacial score (nSPS) is 19.0. The molecular weight excluding hydrogens is 424 g/mol. The summed E-state index contributed by atoms with van der Waals surface area (Å²) < 4.78 is 11.4. The summed E-state index contributed by atoms with van der Waals surface area (Å²) >= 11 is 0. The van der Waals surface area contributed by atoms with Crippen molar-refractivity contribution in [1.82, 2.24) is 0 Å². The molecule has 4 heteroatoms. The number of unbranched alkanes of at least 4 members (excludes halogenated alkanes) is 11. The highest BCUT2D eigenvalue weighted by Crippen LogP contribution is 2.32. The van der Waals surface area contributed by atoms with Gasteiger partial charge in [-0.05, 0) is 38.0 Å². The molecule has 1 rings (SSSR count). The van der Waals surface area contributed by atoms with Gasteiger partial charge >= 0.3 is 11.9 Å². The zero-order valence-corrected chi connectivity index (χ0v) is 22.9. The van der Waals surface area contributed by atoms with Crippen molar-refractivity contribution in [2.24, 2.45) is 17.8 Å².